The Hall–Kier alpha value is -2.76. The molecule has 1 aromatic carbocycles. The van der Waals surface area contributed by atoms with Crippen LogP contribution in [0.15, 0.2) is 36.7 Å². The van der Waals surface area contributed by atoms with Crippen LogP contribution in [0, 0.1) is 0 Å². The van der Waals surface area contributed by atoms with Gasteiger partial charge in [0.15, 0.2) is 0 Å². The maximum atomic E-state index is 11.4. The van der Waals surface area contributed by atoms with Crippen LogP contribution in [0.25, 0.3) is 11.1 Å². The minimum atomic E-state index is -1.18. The summed E-state index contributed by atoms with van der Waals surface area (Å²) in [5, 5.41) is 8.77. The molecule has 0 amide bonds. The molecule has 2 aromatic rings. The fourth-order valence-electron chi connectivity index (χ4n) is 1.76. The van der Waals surface area contributed by atoms with E-state index < -0.39 is 5.97 Å². The highest BCUT2D eigenvalue weighted by Gasteiger charge is 2.11. The summed E-state index contributed by atoms with van der Waals surface area (Å²) in [6.07, 6.45) is 2.98. The highest BCUT2D eigenvalue weighted by molar-refractivity contribution is 5.83. The van der Waals surface area contributed by atoms with Crippen LogP contribution in [0.3, 0.4) is 0 Å². The van der Waals surface area contributed by atoms with Crippen molar-refractivity contribution >= 4 is 11.9 Å². The third-order valence-corrected chi connectivity index (χ3v) is 2.73. The number of benzene rings is 1. The van der Waals surface area contributed by atoms with Crippen molar-refractivity contribution in [1.29, 1.82) is 0 Å². The molecule has 1 heterocycles. The van der Waals surface area contributed by atoms with Crippen LogP contribution in [-0.2, 0) is 16.0 Å². The lowest BCUT2D eigenvalue weighted by atomic mass is 10.00. The van der Waals surface area contributed by atoms with E-state index in [4.69, 9.17) is 5.11 Å². The van der Waals surface area contributed by atoms with Crippen molar-refractivity contribution in [3.8, 4) is 11.1 Å². The van der Waals surface area contributed by atoms with E-state index in [0.717, 1.165) is 11.1 Å². The number of aromatic carboxylic acids is 1. The van der Waals surface area contributed by atoms with Crippen LogP contribution in [-0.4, -0.2) is 34.1 Å². The molecule has 0 unspecified atom stereocenters. The van der Waals surface area contributed by atoms with Gasteiger partial charge in [-0.1, -0.05) is 24.3 Å². The molecule has 6 nitrogen and oxygen atoms in total. The Morgan fingerprint density at radius 1 is 1.20 bits per heavy atom. The second-order valence-electron chi connectivity index (χ2n) is 4.01. The number of ether oxygens (including phenoxy) is 1. The number of aromatic nitrogens is 2. The van der Waals surface area contributed by atoms with Crippen molar-refractivity contribution in [2.75, 3.05) is 7.11 Å². The number of carboxylic acids is 1. The van der Waals surface area contributed by atoms with Gasteiger partial charge in [0, 0.05) is 18.0 Å². The lowest BCUT2D eigenvalue weighted by Crippen LogP contribution is -2.06. The van der Waals surface area contributed by atoms with E-state index in [1.807, 2.05) is 18.2 Å². The highest BCUT2D eigenvalue weighted by Crippen LogP contribution is 2.23. The first-order valence-electron chi connectivity index (χ1n) is 5.82. The number of carbonyl (C=O) groups is 2. The van der Waals surface area contributed by atoms with Gasteiger partial charge in [0.2, 0.25) is 5.82 Å². The summed E-state index contributed by atoms with van der Waals surface area (Å²) in [7, 11) is 1.33. The minimum Gasteiger partial charge on any atom is -0.475 e. The van der Waals surface area contributed by atoms with Crippen molar-refractivity contribution in [2.24, 2.45) is 0 Å². The molecule has 0 spiro atoms. The van der Waals surface area contributed by atoms with E-state index in [-0.39, 0.29) is 18.2 Å². The minimum absolute atomic E-state index is 0.132. The maximum absolute atomic E-state index is 11.4. The zero-order valence-electron chi connectivity index (χ0n) is 10.7. The molecule has 0 bridgehead atoms. The fraction of sp³-hybridized carbons (Fsp3) is 0.143. The average Bonchev–Trinajstić information content (AvgIpc) is 2.48. The SMILES string of the molecule is COC(=O)Cc1ccccc1-c1cnc(C(=O)O)nc1. The first-order chi connectivity index (χ1) is 9.61. The van der Waals surface area contributed by atoms with E-state index in [2.05, 4.69) is 14.7 Å². The summed E-state index contributed by atoms with van der Waals surface area (Å²) >= 11 is 0. The molecule has 0 radical (unpaired) electrons. The quantitative estimate of drug-likeness (QED) is 0.849. The summed E-state index contributed by atoms with van der Waals surface area (Å²) in [5.41, 5.74) is 2.19. The molecule has 0 saturated heterocycles. The number of carbonyl (C=O) groups excluding carboxylic acids is 1. The van der Waals surface area contributed by atoms with E-state index in [1.54, 1.807) is 6.07 Å². The van der Waals surface area contributed by atoms with Gasteiger partial charge in [0.05, 0.1) is 13.5 Å². The maximum Gasteiger partial charge on any atom is 0.373 e. The van der Waals surface area contributed by atoms with E-state index >= 15 is 0 Å². The third kappa shape index (κ3) is 2.97. The van der Waals surface area contributed by atoms with Crippen LogP contribution in [0.5, 0.6) is 0 Å². The number of rotatable bonds is 4. The Morgan fingerprint density at radius 2 is 1.85 bits per heavy atom. The Balaban J connectivity index is 2.37. The predicted molar refractivity (Wildman–Crippen MR) is 70.1 cm³/mol. The van der Waals surface area contributed by atoms with Crippen molar-refractivity contribution < 1.29 is 19.4 Å². The summed E-state index contributed by atoms with van der Waals surface area (Å²) in [4.78, 5) is 29.6. The molecular weight excluding hydrogens is 260 g/mol. The molecule has 0 aliphatic rings. The predicted octanol–water partition coefficient (Wildman–Crippen LogP) is 1.56. The highest BCUT2D eigenvalue weighted by atomic mass is 16.5. The van der Waals surface area contributed by atoms with Gasteiger partial charge in [0.25, 0.3) is 0 Å². The van der Waals surface area contributed by atoms with E-state index in [9.17, 15) is 9.59 Å². The number of methoxy groups -OCH3 is 1. The van der Waals surface area contributed by atoms with Crippen molar-refractivity contribution in [1.82, 2.24) is 9.97 Å². The lowest BCUT2D eigenvalue weighted by Gasteiger charge is -2.08. The number of hydrogen-bond donors (Lipinski definition) is 1. The van der Waals surface area contributed by atoms with Gasteiger partial charge in [0.1, 0.15) is 0 Å². The number of nitrogens with zero attached hydrogens (tertiary/aromatic N) is 2. The first-order valence-corrected chi connectivity index (χ1v) is 5.82. The van der Waals surface area contributed by atoms with Crippen LogP contribution >= 0.6 is 0 Å². The molecule has 2 rings (SSSR count). The zero-order valence-corrected chi connectivity index (χ0v) is 10.7. The fourth-order valence-corrected chi connectivity index (χ4v) is 1.76. The van der Waals surface area contributed by atoms with Crippen LogP contribution in [0.2, 0.25) is 0 Å². The molecule has 6 heteroatoms. The molecule has 1 N–H and O–H groups in total. The van der Waals surface area contributed by atoms with Crippen molar-refractivity contribution in [3.63, 3.8) is 0 Å². The standard InChI is InChI=1S/C14H12N2O4/c1-20-12(17)6-9-4-2-3-5-11(9)10-7-15-13(14(18)19)16-8-10/h2-5,7-8H,6H2,1H3,(H,18,19). The Bertz CT molecular complexity index is 638. The molecule has 1 aromatic heterocycles. The first kappa shape index (κ1) is 13.7. The zero-order chi connectivity index (χ0) is 14.5. The summed E-state index contributed by atoms with van der Waals surface area (Å²) in [6.45, 7) is 0. The number of hydrogen-bond acceptors (Lipinski definition) is 5. The Morgan fingerprint density at radius 3 is 2.45 bits per heavy atom. The monoisotopic (exact) mass is 272 g/mol. The molecule has 0 aliphatic carbocycles. The van der Waals surface area contributed by atoms with Gasteiger partial charge in [-0.3, -0.25) is 4.79 Å². The lowest BCUT2D eigenvalue weighted by molar-refractivity contribution is -0.139. The van der Waals surface area contributed by atoms with E-state index in [1.165, 1.54) is 19.5 Å². The molecule has 20 heavy (non-hydrogen) atoms. The molecule has 0 fully saturated rings. The number of esters is 1. The van der Waals surface area contributed by atoms with Gasteiger partial charge >= 0.3 is 11.9 Å². The molecule has 102 valence electrons. The second kappa shape index (κ2) is 5.92. The van der Waals surface area contributed by atoms with Gasteiger partial charge in [-0.25, -0.2) is 14.8 Å². The van der Waals surface area contributed by atoms with Gasteiger partial charge in [-0.15, -0.1) is 0 Å². The summed E-state index contributed by atoms with van der Waals surface area (Å²) < 4.78 is 4.65. The van der Waals surface area contributed by atoms with Gasteiger partial charge < -0.3 is 9.84 Å². The van der Waals surface area contributed by atoms with E-state index in [0.29, 0.717) is 5.56 Å². The normalized spacial score (nSPS) is 10.1. The molecule has 0 saturated carbocycles. The van der Waals surface area contributed by atoms with Crippen molar-refractivity contribution in [3.05, 3.63) is 48.0 Å². The average molecular weight is 272 g/mol. The smallest absolute Gasteiger partial charge is 0.373 e. The van der Waals surface area contributed by atoms with Gasteiger partial charge in [-0.2, -0.15) is 0 Å². The van der Waals surface area contributed by atoms with Gasteiger partial charge in [-0.05, 0) is 11.1 Å². The largest absolute Gasteiger partial charge is 0.475 e. The van der Waals surface area contributed by atoms with Crippen LogP contribution in [0.4, 0.5) is 0 Å². The molecular formula is C14H12N2O4. The van der Waals surface area contributed by atoms with Crippen LogP contribution in [0.1, 0.15) is 16.2 Å². The Labute approximate surface area is 115 Å². The molecule has 0 atom stereocenters. The summed E-state index contributed by atoms with van der Waals surface area (Å²) in [5.74, 6) is -1.79. The third-order valence-electron chi connectivity index (χ3n) is 2.73. The summed E-state index contributed by atoms with van der Waals surface area (Å²) in [6, 6.07) is 7.25. The second-order valence-corrected chi connectivity index (χ2v) is 4.01. The Kier molecular flexibility index (Phi) is 4.05. The topological polar surface area (TPSA) is 89.4 Å². The molecule has 0 aliphatic heterocycles. The van der Waals surface area contributed by atoms with Crippen molar-refractivity contribution in [2.45, 2.75) is 6.42 Å². The van der Waals surface area contributed by atoms with Crippen LogP contribution < -0.4 is 0 Å². The number of carboxylic acid groups (broad SMARTS) is 1.